The Morgan fingerprint density at radius 1 is 1.42 bits per heavy atom. The molecule has 2 N–H and O–H groups in total. The molecule has 0 aliphatic carbocycles. The number of halogens is 3. The van der Waals surface area contributed by atoms with Gasteiger partial charge < -0.3 is 10.7 Å². The Bertz CT molecular complexity index is 151. The van der Waals surface area contributed by atoms with Gasteiger partial charge in [-0.3, -0.25) is 0 Å². The van der Waals surface area contributed by atoms with Gasteiger partial charge in [0.1, 0.15) is 5.71 Å². The van der Waals surface area contributed by atoms with Gasteiger partial charge in [-0.25, -0.2) is 0 Å². The third-order valence-electron chi connectivity index (χ3n) is 1.27. The van der Waals surface area contributed by atoms with Gasteiger partial charge in [-0.15, -0.1) is 0 Å². The quantitative estimate of drug-likeness (QED) is 0.640. The van der Waals surface area contributed by atoms with Crippen LogP contribution in [0.1, 0.15) is 20.3 Å². The highest BCUT2D eigenvalue weighted by Crippen LogP contribution is 2.17. The molecule has 0 spiro atoms. The topological polar surface area (TPSA) is 35.9 Å². The van der Waals surface area contributed by atoms with E-state index in [-0.39, 0.29) is 19.0 Å². The van der Waals surface area contributed by atoms with Crippen molar-refractivity contribution in [1.82, 2.24) is 5.32 Å². The molecule has 0 saturated heterocycles. The zero-order chi connectivity index (χ0) is 9.78. The van der Waals surface area contributed by atoms with Crippen LogP contribution in [-0.2, 0) is 0 Å². The maximum absolute atomic E-state index is 11.7. The fourth-order valence-electron chi connectivity index (χ4n) is 0.628. The minimum absolute atomic E-state index is 0.158. The van der Waals surface area contributed by atoms with E-state index in [1.807, 2.05) is 13.8 Å². The van der Waals surface area contributed by atoms with E-state index in [2.05, 4.69) is 5.32 Å². The van der Waals surface area contributed by atoms with Crippen LogP contribution < -0.4 is 5.32 Å². The van der Waals surface area contributed by atoms with Gasteiger partial charge in [0, 0.05) is 19.0 Å². The molecule has 0 aromatic carbocycles. The van der Waals surface area contributed by atoms with Gasteiger partial charge in [0.2, 0.25) is 0 Å². The highest BCUT2D eigenvalue weighted by atomic mass is 19.4. The molecule has 0 aromatic heterocycles. The van der Waals surface area contributed by atoms with Gasteiger partial charge in [-0.2, -0.15) is 13.2 Å². The first-order valence-corrected chi connectivity index (χ1v) is 3.72. The highest BCUT2D eigenvalue weighted by molar-refractivity contribution is 5.86. The summed E-state index contributed by atoms with van der Waals surface area (Å²) in [5.41, 5.74) is -1.17. The van der Waals surface area contributed by atoms with Crippen molar-refractivity contribution in [1.29, 1.82) is 5.41 Å². The van der Waals surface area contributed by atoms with E-state index in [9.17, 15) is 13.2 Å². The lowest BCUT2D eigenvalue weighted by molar-refractivity contribution is -0.0612. The van der Waals surface area contributed by atoms with Gasteiger partial charge in [0.15, 0.2) is 0 Å². The van der Waals surface area contributed by atoms with Gasteiger partial charge in [0.05, 0.1) is 0 Å². The summed E-state index contributed by atoms with van der Waals surface area (Å²) in [6, 6.07) is 0.158. The standard InChI is InChI=1S/C7H13F3N2/c1-5(2)12-4-3-6(11)7(8,9)10/h5,11-12H,3-4H2,1-2H3. The molecule has 0 saturated carbocycles. The van der Waals surface area contributed by atoms with E-state index in [4.69, 9.17) is 5.41 Å². The molecular formula is C7H13F3N2. The number of hydrogen-bond acceptors (Lipinski definition) is 2. The largest absolute Gasteiger partial charge is 0.428 e. The summed E-state index contributed by atoms with van der Waals surface area (Å²) in [5, 5.41) is 9.43. The predicted octanol–water partition coefficient (Wildman–Crippen LogP) is 1.96. The number of rotatable bonds is 4. The van der Waals surface area contributed by atoms with Gasteiger partial charge >= 0.3 is 6.18 Å². The summed E-state index contributed by atoms with van der Waals surface area (Å²) in [5.74, 6) is 0. The molecule has 0 heterocycles. The molecule has 5 heteroatoms. The fraction of sp³-hybridized carbons (Fsp3) is 0.857. The van der Waals surface area contributed by atoms with Crippen molar-refractivity contribution >= 4 is 5.71 Å². The summed E-state index contributed by atoms with van der Waals surface area (Å²) in [7, 11) is 0. The lowest BCUT2D eigenvalue weighted by Crippen LogP contribution is -2.30. The first-order valence-electron chi connectivity index (χ1n) is 3.72. The van der Waals surface area contributed by atoms with E-state index in [1.165, 1.54) is 0 Å². The first kappa shape index (κ1) is 11.4. The molecule has 0 rings (SSSR count). The molecule has 2 nitrogen and oxygen atoms in total. The Morgan fingerprint density at radius 3 is 2.25 bits per heavy atom. The molecule has 0 atom stereocenters. The monoisotopic (exact) mass is 182 g/mol. The predicted molar refractivity (Wildman–Crippen MR) is 41.5 cm³/mol. The average molecular weight is 182 g/mol. The lowest BCUT2D eigenvalue weighted by atomic mass is 10.2. The van der Waals surface area contributed by atoms with Crippen molar-refractivity contribution in [3.63, 3.8) is 0 Å². The van der Waals surface area contributed by atoms with Crippen molar-refractivity contribution in [2.75, 3.05) is 6.54 Å². The molecule has 0 bridgehead atoms. The second-order valence-corrected chi connectivity index (χ2v) is 2.84. The summed E-state index contributed by atoms with van der Waals surface area (Å²) >= 11 is 0. The Kier molecular flexibility index (Phi) is 4.23. The fourth-order valence-corrected chi connectivity index (χ4v) is 0.628. The molecule has 0 amide bonds. The van der Waals surface area contributed by atoms with Crippen LogP contribution in [0.15, 0.2) is 0 Å². The van der Waals surface area contributed by atoms with E-state index in [0.29, 0.717) is 0 Å². The zero-order valence-corrected chi connectivity index (χ0v) is 7.13. The van der Waals surface area contributed by atoms with Crippen LogP contribution in [0.25, 0.3) is 0 Å². The van der Waals surface area contributed by atoms with Crippen LogP contribution in [0.2, 0.25) is 0 Å². The van der Waals surface area contributed by atoms with E-state index in [1.54, 1.807) is 0 Å². The van der Waals surface area contributed by atoms with Crippen LogP contribution in [0.5, 0.6) is 0 Å². The summed E-state index contributed by atoms with van der Waals surface area (Å²) < 4.78 is 35.2. The van der Waals surface area contributed by atoms with Crippen LogP contribution in [-0.4, -0.2) is 24.5 Å². The lowest BCUT2D eigenvalue weighted by Gasteiger charge is -2.10. The first-order chi connectivity index (χ1) is 5.34. The normalized spacial score (nSPS) is 12.2. The molecule has 0 aromatic rings. The Balaban J connectivity index is 3.59. The summed E-state index contributed by atoms with van der Waals surface area (Å²) in [4.78, 5) is 0. The minimum atomic E-state index is -4.46. The second kappa shape index (κ2) is 4.45. The van der Waals surface area contributed by atoms with E-state index >= 15 is 0 Å². The summed E-state index contributed by atoms with van der Waals surface area (Å²) in [6.07, 6.45) is -4.72. The van der Waals surface area contributed by atoms with Gasteiger partial charge in [-0.05, 0) is 0 Å². The minimum Gasteiger partial charge on any atom is -0.314 e. The SMILES string of the molecule is CC(C)NCCC(=N)C(F)(F)F. The molecule has 0 radical (unpaired) electrons. The molecule has 0 aliphatic rings. The molecule has 12 heavy (non-hydrogen) atoms. The molecule has 0 fully saturated rings. The maximum Gasteiger partial charge on any atom is 0.428 e. The number of nitrogens with one attached hydrogen (secondary N) is 2. The van der Waals surface area contributed by atoms with E-state index < -0.39 is 11.9 Å². The molecule has 0 aliphatic heterocycles. The second-order valence-electron chi connectivity index (χ2n) is 2.84. The van der Waals surface area contributed by atoms with Gasteiger partial charge in [-0.1, -0.05) is 13.8 Å². The van der Waals surface area contributed by atoms with Crippen molar-refractivity contribution in [2.45, 2.75) is 32.5 Å². The number of hydrogen-bond donors (Lipinski definition) is 2. The molecular weight excluding hydrogens is 169 g/mol. The Labute approximate surface area is 69.7 Å². The third kappa shape index (κ3) is 5.12. The summed E-state index contributed by atoms with van der Waals surface area (Å²) in [6.45, 7) is 3.89. The molecule has 0 unspecified atom stereocenters. The van der Waals surface area contributed by atoms with Crippen molar-refractivity contribution < 1.29 is 13.2 Å². The Hall–Kier alpha value is -0.580. The average Bonchev–Trinajstić information content (AvgIpc) is 1.84. The van der Waals surface area contributed by atoms with E-state index in [0.717, 1.165) is 0 Å². The van der Waals surface area contributed by atoms with Gasteiger partial charge in [0.25, 0.3) is 0 Å². The zero-order valence-electron chi connectivity index (χ0n) is 7.13. The van der Waals surface area contributed by atoms with Crippen molar-refractivity contribution in [3.8, 4) is 0 Å². The van der Waals surface area contributed by atoms with Crippen LogP contribution >= 0.6 is 0 Å². The third-order valence-corrected chi connectivity index (χ3v) is 1.27. The van der Waals surface area contributed by atoms with Crippen molar-refractivity contribution in [3.05, 3.63) is 0 Å². The number of alkyl halides is 3. The smallest absolute Gasteiger partial charge is 0.314 e. The Morgan fingerprint density at radius 2 is 1.92 bits per heavy atom. The maximum atomic E-state index is 11.7. The van der Waals surface area contributed by atoms with Crippen LogP contribution in [0, 0.1) is 5.41 Å². The highest BCUT2D eigenvalue weighted by Gasteiger charge is 2.33. The molecule has 72 valence electrons. The van der Waals surface area contributed by atoms with Crippen molar-refractivity contribution in [2.24, 2.45) is 0 Å². The van der Waals surface area contributed by atoms with Crippen LogP contribution in [0.3, 0.4) is 0 Å². The van der Waals surface area contributed by atoms with Crippen LogP contribution in [0.4, 0.5) is 13.2 Å².